The molecule has 1 amide bonds. The number of hydrogen-bond acceptors (Lipinski definition) is 7. The van der Waals surface area contributed by atoms with Gasteiger partial charge in [-0.05, 0) is 43.2 Å². The van der Waals surface area contributed by atoms with Gasteiger partial charge in [-0.3, -0.25) is 9.10 Å². The molecule has 0 aliphatic heterocycles. The van der Waals surface area contributed by atoms with Gasteiger partial charge >= 0.3 is 0 Å². The summed E-state index contributed by atoms with van der Waals surface area (Å²) in [5.74, 6) is 1.30. The number of benzene rings is 2. The van der Waals surface area contributed by atoms with Crippen molar-refractivity contribution in [3.05, 3.63) is 60.0 Å². The van der Waals surface area contributed by atoms with Crippen LogP contribution in [0.5, 0.6) is 5.75 Å². The van der Waals surface area contributed by atoms with Crippen molar-refractivity contribution >= 4 is 21.6 Å². The van der Waals surface area contributed by atoms with Crippen molar-refractivity contribution in [1.82, 2.24) is 15.0 Å². The van der Waals surface area contributed by atoms with Crippen LogP contribution in [0.4, 0.5) is 5.69 Å². The number of anilines is 1. The molecule has 10 heteroatoms. The molecule has 0 saturated carbocycles. The number of amides is 1. The summed E-state index contributed by atoms with van der Waals surface area (Å²) in [6, 6.07) is 14.5. The zero-order valence-electron chi connectivity index (χ0n) is 19.2. The maximum atomic E-state index is 12.6. The highest BCUT2D eigenvalue weighted by Gasteiger charge is 2.19. The van der Waals surface area contributed by atoms with Gasteiger partial charge in [-0.2, -0.15) is 4.98 Å². The molecule has 33 heavy (non-hydrogen) atoms. The van der Waals surface area contributed by atoms with Crippen molar-refractivity contribution in [2.75, 3.05) is 31.3 Å². The Balaban J connectivity index is 1.56. The zero-order chi connectivity index (χ0) is 24.0. The number of methoxy groups -OCH3 is 1. The molecule has 2 aromatic carbocycles. The van der Waals surface area contributed by atoms with Gasteiger partial charge < -0.3 is 14.2 Å². The van der Waals surface area contributed by atoms with Crippen LogP contribution in [0.25, 0.3) is 11.4 Å². The monoisotopic (exact) mass is 472 g/mol. The molecule has 0 unspecified atom stereocenters. The zero-order valence-corrected chi connectivity index (χ0v) is 20.0. The molecule has 176 valence electrons. The second-order valence-electron chi connectivity index (χ2n) is 7.71. The third-order valence-electron chi connectivity index (χ3n) is 5.16. The van der Waals surface area contributed by atoms with E-state index in [4.69, 9.17) is 9.26 Å². The minimum atomic E-state index is -3.50. The van der Waals surface area contributed by atoms with E-state index in [1.807, 2.05) is 31.2 Å². The predicted molar refractivity (Wildman–Crippen MR) is 125 cm³/mol. The van der Waals surface area contributed by atoms with Crippen LogP contribution in [0.3, 0.4) is 0 Å². The summed E-state index contributed by atoms with van der Waals surface area (Å²) in [7, 11) is -0.302. The van der Waals surface area contributed by atoms with E-state index in [-0.39, 0.29) is 25.4 Å². The van der Waals surface area contributed by atoms with Crippen molar-refractivity contribution in [2.24, 2.45) is 0 Å². The second-order valence-corrected chi connectivity index (χ2v) is 9.62. The average molecular weight is 473 g/mol. The Morgan fingerprint density at radius 3 is 2.45 bits per heavy atom. The molecule has 3 rings (SSSR count). The quantitative estimate of drug-likeness (QED) is 0.446. The number of hydrogen-bond donors (Lipinski definition) is 0. The molecule has 1 heterocycles. The van der Waals surface area contributed by atoms with Gasteiger partial charge in [0.25, 0.3) is 0 Å². The van der Waals surface area contributed by atoms with Gasteiger partial charge in [0.15, 0.2) is 0 Å². The molecular weight excluding hydrogens is 444 g/mol. The first-order chi connectivity index (χ1) is 15.7. The lowest BCUT2D eigenvalue weighted by atomic mass is 10.1. The van der Waals surface area contributed by atoms with E-state index in [2.05, 4.69) is 10.1 Å². The highest BCUT2D eigenvalue weighted by Crippen LogP contribution is 2.22. The van der Waals surface area contributed by atoms with E-state index >= 15 is 0 Å². The van der Waals surface area contributed by atoms with Crippen molar-refractivity contribution in [2.45, 2.75) is 26.3 Å². The highest BCUT2D eigenvalue weighted by atomic mass is 32.2. The number of nitrogens with zero attached hydrogens (tertiary/aromatic N) is 4. The lowest BCUT2D eigenvalue weighted by molar-refractivity contribution is -0.130. The predicted octanol–water partition coefficient (Wildman–Crippen LogP) is 3.26. The Kier molecular flexibility index (Phi) is 7.70. The van der Waals surface area contributed by atoms with Crippen LogP contribution in [-0.4, -0.2) is 56.3 Å². The second kappa shape index (κ2) is 10.5. The number of aryl methyl sites for hydroxylation is 1. The molecular formula is C23H28N4O5S. The molecule has 0 N–H and O–H groups in total. The van der Waals surface area contributed by atoms with Gasteiger partial charge in [-0.25, -0.2) is 8.42 Å². The lowest BCUT2D eigenvalue weighted by Crippen LogP contribution is -2.32. The first-order valence-electron chi connectivity index (χ1n) is 10.4. The molecule has 0 radical (unpaired) electrons. The third-order valence-corrected chi connectivity index (χ3v) is 6.36. The van der Waals surface area contributed by atoms with Crippen LogP contribution in [0.2, 0.25) is 0 Å². The van der Waals surface area contributed by atoms with Crippen molar-refractivity contribution in [3.63, 3.8) is 0 Å². The van der Waals surface area contributed by atoms with Crippen LogP contribution >= 0.6 is 0 Å². The van der Waals surface area contributed by atoms with Crippen molar-refractivity contribution < 1.29 is 22.5 Å². The summed E-state index contributed by atoms with van der Waals surface area (Å²) < 4.78 is 36.2. The van der Waals surface area contributed by atoms with Crippen LogP contribution in [-0.2, 0) is 21.4 Å². The maximum Gasteiger partial charge on any atom is 0.246 e. The standard InChI is InChI=1S/C23H28N4O5S/c1-17-8-5-6-9-20(17)23-24-21(32-25-23)16-26(2)22(28)10-7-15-27(33(4,29)30)18-11-13-19(31-3)14-12-18/h5-6,8-9,11-14H,7,10,15-16H2,1-4H3. The Hall–Kier alpha value is -3.40. The number of sulfonamides is 1. The fraction of sp³-hybridized carbons (Fsp3) is 0.348. The molecule has 0 aliphatic carbocycles. The average Bonchev–Trinajstić information content (AvgIpc) is 3.24. The first-order valence-corrected chi connectivity index (χ1v) is 12.3. The topological polar surface area (TPSA) is 106 Å². The fourth-order valence-electron chi connectivity index (χ4n) is 3.34. The molecule has 0 aliphatic rings. The van der Waals surface area contributed by atoms with Crippen LogP contribution in [0, 0.1) is 6.92 Å². The van der Waals surface area contributed by atoms with Gasteiger partial charge in [-0.1, -0.05) is 29.4 Å². The van der Waals surface area contributed by atoms with Gasteiger partial charge in [-0.15, -0.1) is 0 Å². The molecule has 1 aromatic heterocycles. The van der Waals surface area contributed by atoms with E-state index in [1.54, 1.807) is 38.4 Å². The van der Waals surface area contributed by atoms with Crippen LogP contribution < -0.4 is 9.04 Å². The third kappa shape index (κ3) is 6.32. The minimum Gasteiger partial charge on any atom is -0.497 e. The summed E-state index contributed by atoms with van der Waals surface area (Å²) in [6.45, 7) is 2.32. The molecule has 9 nitrogen and oxygen atoms in total. The molecule has 0 spiro atoms. The minimum absolute atomic E-state index is 0.145. The largest absolute Gasteiger partial charge is 0.497 e. The number of aromatic nitrogens is 2. The van der Waals surface area contributed by atoms with E-state index < -0.39 is 10.0 Å². The molecule has 3 aromatic rings. The smallest absolute Gasteiger partial charge is 0.246 e. The first kappa shape index (κ1) is 24.2. The van der Waals surface area contributed by atoms with Gasteiger partial charge in [0.1, 0.15) is 5.75 Å². The fourth-order valence-corrected chi connectivity index (χ4v) is 4.31. The molecule has 0 bridgehead atoms. The summed E-state index contributed by atoms with van der Waals surface area (Å²) in [5.41, 5.74) is 2.43. The molecule has 0 atom stereocenters. The van der Waals surface area contributed by atoms with E-state index in [9.17, 15) is 13.2 Å². The van der Waals surface area contributed by atoms with Gasteiger partial charge in [0.05, 0.1) is 25.6 Å². The van der Waals surface area contributed by atoms with Crippen LogP contribution in [0.15, 0.2) is 53.1 Å². The van der Waals surface area contributed by atoms with E-state index in [0.29, 0.717) is 29.6 Å². The number of carbonyl (C=O) groups is 1. The Bertz CT molecular complexity index is 1190. The van der Waals surface area contributed by atoms with E-state index in [1.165, 1.54) is 9.21 Å². The normalized spacial score (nSPS) is 11.3. The summed E-state index contributed by atoms with van der Waals surface area (Å²) in [4.78, 5) is 18.5. The molecule has 0 saturated heterocycles. The van der Waals surface area contributed by atoms with Crippen molar-refractivity contribution in [1.29, 1.82) is 0 Å². The van der Waals surface area contributed by atoms with Crippen molar-refractivity contribution in [3.8, 4) is 17.1 Å². The SMILES string of the molecule is COc1ccc(N(CCCC(=O)N(C)Cc2nc(-c3ccccc3C)no2)S(C)(=O)=O)cc1. The summed E-state index contributed by atoms with van der Waals surface area (Å²) in [6.07, 6.45) is 1.69. The van der Waals surface area contributed by atoms with Gasteiger partial charge in [0, 0.05) is 25.6 Å². The van der Waals surface area contributed by atoms with Crippen LogP contribution in [0.1, 0.15) is 24.3 Å². The number of carbonyl (C=O) groups excluding carboxylic acids is 1. The lowest BCUT2D eigenvalue weighted by Gasteiger charge is -2.23. The number of rotatable bonds is 10. The Morgan fingerprint density at radius 1 is 1.12 bits per heavy atom. The Labute approximate surface area is 194 Å². The Morgan fingerprint density at radius 2 is 1.82 bits per heavy atom. The highest BCUT2D eigenvalue weighted by molar-refractivity contribution is 7.92. The molecule has 0 fully saturated rings. The number of ether oxygens (including phenoxy) is 1. The van der Waals surface area contributed by atoms with Gasteiger partial charge in [0.2, 0.25) is 27.6 Å². The van der Waals surface area contributed by atoms with E-state index in [0.717, 1.165) is 17.4 Å². The summed E-state index contributed by atoms with van der Waals surface area (Å²) >= 11 is 0. The summed E-state index contributed by atoms with van der Waals surface area (Å²) in [5, 5.41) is 4.01. The maximum absolute atomic E-state index is 12.6.